The first-order valence-corrected chi connectivity index (χ1v) is 7.28. The van der Waals surface area contributed by atoms with E-state index in [9.17, 15) is 18.0 Å². The van der Waals surface area contributed by atoms with Crippen LogP contribution in [0.5, 0.6) is 0 Å². The number of alkyl halides is 3. The van der Waals surface area contributed by atoms with Crippen molar-refractivity contribution in [1.29, 1.82) is 0 Å². The summed E-state index contributed by atoms with van der Waals surface area (Å²) in [5, 5.41) is 3.29. The number of hydrogen-bond donors (Lipinski definition) is 2. The van der Waals surface area contributed by atoms with Gasteiger partial charge in [-0.2, -0.15) is 13.2 Å². The van der Waals surface area contributed by atoms with Gasteiger partial charge in [-0.1, -0.05) is 6.07 Å². The number of aromatic nitrogens is 1. The molecule has 0 radical (unpaired) electrons. The number of nitrogens with two attached hydrogens (primary N) is 1. The highest BCUT2D eigenvalue weighted by Gasteiger charge is 2.66. The van der Waals surface area contributed by atoms with E-state index in [1.165, 1.54) is 18.2 Å². The number of carbonyl (C=O) groups is 1. The number of carbonyl (C=O) groups excluding carboxylic acids is 1. The van der Waals surface area contributed by atoms with Gasteiger partial charge in [-0.25, -0.2) is 4.98 Å². The number of nitrogens with one attached hydrogen (secondary N) is 1. The molecule has 2 aromatic rings. The summed E-state index contributed by atoms with van der Waals surface area (Å²) < 4.78 is 38.1. The zero-order valence-electron chi connectivity index (χ0n) is 12.1. The Bertz CT molecular complexity index is 811. The van der Waals surface area contributed by atoms with Gasteiger partial charge in [0.1, 0.15) is 5.69 Å². The first kappa shape index (κ1) is 14.4. The summed E-state index contributed by atoms with van der Waals surface area (Å²) in [4.78, 5) is 16.4. The Morgan fingerprint density at radius 1 is 1.17 bits per heavy atom. The maximum Gasteiger partial charge on any atom is 0.416 e. The molecule has 3 saturated carbocycles. The predicted molar refractivity (Wildman–Crippen MR) is 77.7 cm³/mol. The van der Waals surface area contributed by atoms with Gasteiger partial charge in [-0.05, 0) is 43.5 Å². The summed E-state index contributed by atoms with van der Waals surface area (Å²) in [5.74, 6) is -0.312. The Labute approximate surface area is 129 Å². The largest absolute Gasteiger partial charge is 0.416 e. The molecular weight excluding hydrogens is 307 g/mol. The molecule has 0 atom stereocenters. The molecule has 7 heteroatoms. The highest BCUT2D eigenvalue weighted by Crippen LogP contribution is 2.58. The van der Waals surface area contributed by atoms with Crippen molar-refractivity contribution in [3.8, 4) is 0 Å². The van der Waals surface area contributed by atoms with E-state index in [1.54, 1.807) is 0 Å². The second kappa shape index (κ2) is 4.23. The second-order valence-electron chi connectivity index (χ2n) is 6.73. The highest BCUT2D eigenvalue weighted by molar-refractivity contribution is 5.95. The standard InChI is InChI=1S/C16H14F3N3O/c17-16(18,19)10-2-4-11-9(5-10)1-3-12(21-11)13(23)22-15-6-14(20,7-15)8-15/h1-5H,6-8,20H2,(H,22,23). The molecule has 23 heavy (non-hydrogen) atoms. The van der Waals surface area contributed by atoms with E-state index in [4.69, 9.17) is 5.73 Å². The number of hydrogen-bond acceptors (Lipinski definition) is 3. The van der Waals surface area contributed by atoms with Crippen molar-refractivity contribution in [1.82, 2.24) is 10.3 Å². The van der Waals surface area contributed by atoms with Gasteiger partial charge >= 0.3 is 6.18 Å². The molecule has 3 aliphatic rings. The van der Waals surface area contributed by atoms with Crippen LogP contribution in [0.3, 0.4) is 0 Å². The Morgan fingerprint density at radius 3 is 2.48 bits per heavy atom. The third-order valence-electron chi connectivity index (χ3n) is 4.70. The molecule has 5 rings (SSSR count). The van der Waals surface area contributed by atoms with Crippen LogP contribution in [0.1, 0.15) is 35.3 Å². The summed E-state index contributed by atoms with van der Waals surface area (Å²) in [5.41, 5.74) is 5.46. The molecule has 0 saturated heterocycles. The molecule has 1 amide bonds. The van der Waals surface area contributed by atoms with E-state index >= 15 is 0 Å². The minimum absolute atomic E-state index is 0.113. The first-order chi connectivity index (χ1) is 10.7. The molecule has 3 aliphatic carbocycles. The van der Waals surface area contributed by atoms with Crippen LogP contribution in [0, 0.1) is 0 Å². The van der Waals surface area contributed by atoms with Crippen molar-refractivity contribution in [2.45, 2.75) is 36.5 Å². The molecule has 1 heterocycles. The quantitative estimate of drug-likeness (QED) is 0.893. The molecule has 2 bridgehead atoms. The molecule has 3 fully saturated rings. The van der Waals surface area contributed by atoms with E-state index < -0.39 is 11.7 Å². The molecule has 0 aliphatic heterocycles. The number of fused-ring (bicyclic) bond motifs is 1. The van der Waals surface area contributed by atoms with Gasteiger partial charge in [0, 0.05) is 16.5 Å². The number of amides is 1. The Balaban J connectivity index is 1.58. The molecule has 120 valence electrons. The number of rotatable bonds is 2. The van der Waals surface area contributed by atoms with Crippen molar-refractivity contribution in [2.75, 3.05) is 0 Å². The number of benzene rings is 1. The average Bonchev–Trinajstić information content (AvgIpc) is 2.42. The Kier molecular flexibility index (Phi) is 2.65. The average molecular weight is 321 g/mol. The van der Waals surface area contributed by atoms with E-state index in [1.807, 2.05) is 0 Å². The fourth-order valence-corrected chi connectivity index (χ4v) is 3.73. The first-order valence-electron chi connectivity index (χ1n) is 7.28. The third-order valence-corrected chi connectivity index (χ3v) is 4.70. The summed E-state index contributed by atoms with van der Waals surface area (Å²) in [7, 11) is 0. The Morgan fingerprint density at radius 2 is 1.87 bits per heavy atom. The zero-order chi connectivity index (χ0) is 16.5. The van der Waals surface area contributed by atoms with Gasteiger partial charge in [0.2, 0.25) is 0 Å². The molecular formula is C16H14F3N3O. The summed E-state index contributed by atoms with van der Waals surface area (Å²) >= 11 is 0. The van der Waals surface area contributed by atoms with Crippen LogP contribution in [-0.2, 0) is 6.18 Å². The smallest absolute Gasteiger partial charge is 0.345 e. The van der Waals surface area contributed by atoms with E-state index in [0.717, 1.165) is 31.4 Å². The van der Waals surface area contributed by atoms with Crippen LogP contribution < -0.4 is 11.1 Å². The maximum absolute atomic E-state index is 12.7. The van der Waals surface area contributed by atoms with E-state index in [2.05, 4.69) is 10.3 Å². The van der Waals surface area contributed by atoms with Crippen LogP contribution in [0.15, 0.2) is 30.3 Å². The molecule has 1 aromatic heterocycles. The molecule has 0 unspecified atom stereocenters. The molecule has 0 spiro atoms. The second-order valence-corrected chi connectivity index (χ2v) is 6.73. The van der Waals surface area contributed by atoms with Crippen LogP contribution in [0.2, 0.25) is 0 Å². The summed E-state index contributed by atoms with van der Waals surface area (Å²) in [6.45, 7) is 0. The third kappa shape index (κ3) is 2.26. The zero-order valence-corrected chi connectivity index (χ0v) is 12.1. The lowest BCUT2D eigenvalue weighted by Crippen LogP contribution is -2.82. The number of pyridine rings is 1. The monoisotopic (exact) mass is 321 g/mol. The van der Waals surface area contributed by atoms with Crippen molar-refractivity contribution in [3.63, 3.8) is 0 Å². The lowest BCUT2D eigenvalue weighted by atomic mass is 9.44. The summed E-state index contributed by atoms with van der Waals surface area (Å²) in [6, 6.07) is 6.21. The lowest BCUT2D eigenvalue weighted by molar-refractivity contribution is -0.137. The molecule has 3 N–H and O–H groups in total. The fourth-order valence-electron chi connectivity index (χ4n) is 3.73. The molecule has 1 aromatic carbocycles. The normalized spacial score (nSPS) is 28.9. The number of nitrogens with zero attached hydrogens (tertiary/aromatic N) is 1. The fraction of sp³-hybridized carbons (Fsp3) is 0.375. The SMILES string of the molecule is NC12CC(NC(=O)c3ccc4cc(C(F)(F)F)ccc4n3)(C1)C2. The van der Waals surface area contributed by atoms with Gasteiger partial charge in [0.25, 0.3) is 5.91 Å². The predicted octanol–water partition coefficient (Wildman–Crippen LogP) is 2.62. The van der Waals surface area contributed by atoms with E-state index in [-0.39, 0.29) is 22.7 Å². The Hall–Kier alpha value is -2.15. The minimum Gasteiger partial charge on any atom is -0.345 e. The highest BCUT2D eigenvalue weighted by atomic mass is 19.4. The summed E-state index contributed by atoms with van der Waals surface area (Å²) in [6.07, 6.45) is -2.08. The van der Waals surface area contributed by atoms with E-state index in [0.29, 0.717) is 10.9 Å². The van der Waals surface area contributed by atoms with Gasteiger partial charge in [-0.15, -0.1) is 0 Å². The van der Waals surface area contributed by atoms with Gasteiger partial charge in [-0.3, -0.25) is 4.79 Å². The molecule has 4 nitrogen and oxygen atoms in total. The van der Waals surface area contributed by atoms with Gasteiger partial charge in [0.05, 0.1) is 11.1 Å². The van der Waals surface area contributed by atoms with Crippen molar-refractivity contribution in [2.24, 2.45) is 5.73 Å². The topological polar surface area (TPSA) is 68.0 Å². The lowest BCUT2D eigenvalue weighted by Gasteiger charge is -2.68. The van der Waals surface area contributed by atoms with Crippen molar-refractivity contribution < 1.29 is 18.0 Å². The van der Waals surface area contributed by atoms with Gasteiger partial charge < -0.3 is 11.1 Å². The van der Waals surface area contributed by atoms with Crippen LogP contribution in [0.25, 0.3) is 10.9 Å². The van der Waals surface area contributed by atoms with Crippen molar-refractivity contribution >= 4 is 16.8 Å². The minimum atomic E-state index is -4.40. The van der Waals surface area contributed by atoms with Crippen LogP contribution >= 0.6 is 0 Å². The van der Waals surface area contributed by atoms with Gasteiger partial charge in [0.15, 0.2) is 0 Å². The maximum atomic E-state index is 12.7. The number of halogens is 3. The van der Waals surface area contributed by atoms with Crippen molar-refractivity contribution in [3.05, 3.63) is 41.6 Å². The van der Waals surface area contributed by atoms with Crippen LogP contribution in [-0.4, -0.2) is 22.0 Å². The van der Waals surface area contributed by atoms with Crippen LogP contribution in [0.4, 0.5) is 13.2 Å².